The van der Waals surface area contributed by atoms with Crippen molar-refractivity contribution in [3.8, 4) is 0 Å². The Morgan fingerprint density at radius 1 is 1.20 bits per heavy atom. The lowest BCUT2D eigenvalue weighted by molar-refractivity contribution is 0.610. The van der Waals surface area contributed by atoms with Gasteiger partial charge in [-0.3, -0.25) is 0 Å². The maximum Gasteiger partial charge on any atom is 0.137 e. The standard InChI is InChI=1S/C17H19BrFN/c1-12-5-3-4-6-15(12)14(11-20-2)9-13-7-8-17(19)16(18)10-13/h3-8,10,14,20H,9,11H2,1-2H3. The number of halogens is 2. The monoisotopic (exact) mass is 335 g/mol. The van der Waals surface area contributed by atoms with Gasteiger partial charge >= 0.3 is 0 Å². The molecule has 0 aromatic heterocycles. The van der Waals surface area contributed by atoms with Gasteiger partial charge in [-0.2, -0.15) is 0 Å². The number of rotatable bonds is 5. The van der Waals surface area contributed by atoms with E-state index in [1.165, 1.54) is 17.2 Å². The molecule has 0 saturated carbocycles. The van der Waals surface area contributed by atoms with Crippen LogP contribution >= 0.6 is 15.9 Å². The van der Waals surface area contributed by atoms with E-state index in [-0.39, 0.29) is 5.82 Å². The fourth-order valence-corrected chi connectivity index (χ4v) is 2.96. The molecule has 20 heavy (non-hydrogen) atoms. The van der Waals surface area contributed by atoms with Crippen molar-refractivity contribution in [3.05, 3.63) is 69.4 Å². The number of benzene rings is 2. The van der Waals surface area contributed by atoms with Crippen LogP contribution in [0.3, 0.4) is 0 Å². The molecule has 0 aliphatic rings. The van der Waals surface area contributed by atoms with E-state index in [0.29, 0.717) is 10.4 Å². The smallest absolute Gasteiger partial charge is 0.137 e. The summed E-state index contributed by atoms with van der Waals surface area (Å²) in [5.74, 6) is 0.174. The highest BCUT2D eigenvalue weighted by Gasteiger charge is 2.14. The molecule has 0 radical (unpaired) electrons. The Hall–Kier alpha value is -1.19. The lowest BCUT2D eigenvalue weighted by Crippen LogP contribution is -2.20. The van der Waals surface area contributed by atoms with Crippen LogP contribution in [0.2, 0.25) is 0 Å². The molecule has 0 aliphatic heterocycles. The molecule has 0 spiro atoms. The van der Waals surface area contributed by atoms with Gasteiger partial charge in [0.1, 0.15) is 5.82 Å². The third kappa shape index (κ3) is 3.68. The van der Waals surface area contributed by atoms with Crippen LogP contribution in [-0.4, -0.2) is 13.6 Å². The molecule has 0 amide bonds. The van der Waals surface area contributed by atoms with Gasteiger partial charge in [0.25, 0.3) is 0 Å². The van der Waals surface area contributed by atoms with Crippen molar-refractivity contribution in [2.24, 2.45) is 0 Å². The third-order valence-corrected chi connectivity index (χ3v) is 4.15. The van der Waals surface area contributed by atoms with E-state index < -0.39 is 0 Å². The van der Waals surface area contributed by atoms with Crippen molar-refractivity contribution < 1.29 is 4.39 Å². The SMILES string of the molecule is CNCC(Cc1ccc(F)c(Br)c1)c1ccccc1C. The summed E-state index contributed by atoms with van der Waals surface area (Å²) >= 11 is 3.26. The molecule has 1 N–H and O–H groups in total. The van der Waals surface area contributed by atoms with E-state index in [4.69, 9.17) is 0 Å². The minimum absolute atomic E-state index is 0.213. The zero-order chi connectivity index (χ0) is 14.5. The van der Waals surface area contributed by atoms with Crippen LogP contribution in [-0.2, 0) is 6.42 Å². The molecule has 0 aliphatic carbocycles. The van der Waals surface area contributed by atoms with Crippen LogP contribution in [0.1, 0.15) is 22.6 Å². The maximum absolute atomic E-state index is 13.3. The highest BCUT2D eigenvalue weighted by molar-refractivity contribution is 9.10. The Balaban J connectivity index is 2.25. The van der Waals surface area contributed by atoms with Gasteiger partial charge in [0, 0.05) is 12.5 Å². The first-order chi connectivity index (χ1) is 9.61. The molecule has 0 heterocycles. The van der Waals surface area contributed by atoms with E-state index in [1.807, 2.05) is 19.2 Å². The van der Waals surface area contributed by atoms with E-state index in [2.05, 4.69) is 52.4 Å². The van der Waals surface area contributed by atoms with Gasteiger partial charge in [-0.1, -0.05) is 30.3 Å². The molecule has 3 heteroatoms. The van der Waals surface area contributed by atoms with Gasteiger partial charge in [-0.05, 0) is 65.1 Å². The van der Waals surface area contributed by atoms with Crippen molar-refractivity contribution in [1.29, 1.82) is 0 Å². The first kappa shape index (κ1) is 15.2. The predicted molar refractivity (Wildman–Crippen MR) is 85.7 cm³/mol. The van der Waals surface area contributed by atoms with Gasteiger partial charge in [-0.15, -0.1) is 0 Å². The van der Waals surface area contributed by atoms with Gasteiger partial charge in [-0.25, -0.2) is 4.39 Å². The Labute approximate surface area is 128 Å². The van der Waals surface area contributed by atoms with Crippen LogP contribution < -0.4 is 5.32 Å². The van der Waals surface area contributed by atoms with Gasteiger partial charge in [0.05, 0.1) is 4.47 Å². The topological polar surface area (TPSA) is 12.0 Å². The fraction of sp³-hybridized carbons (Fsp3) is 0.294. The van der Waals surface area contributed by atoms with Gasteiger partial charge in [0.2, 0.25) is 0 Å². The van der Waals surface area contributed by atoms with Crippen molar-refractivity contribution in [2.75, 3.05) is 13.6 Å². The summed E-state index contributed by atoms with van der Waals surface area (Å²) < 4.78 is 13.8. The van der Waals surface area contributed by atoms with E-state index in [1.54, 1.807) is 0 Å². The predicted octanol–water partition coefficient (Wildman–Crippen LogP) is 4.44. The molecule has 1 atom stereocenters. The van der Waals surface area contributed by atoms with Crippen LogP contribution in [0.25, 0.3) is 0 Å². The van der Waals surface area contributed by atoms with Gasteiger partial charge in [0.15, 0.2) is 0 Å². The molecule has 106 valence electrons. The quantitative estimate of drug-likeness (QED) is 0.851. The minimum Gasteiger partial charge on any atom is -0.319 e. The zero-order valence-corrected chi connectivity index (χ0v) is 13.4. The van der Waals surface area contributed by atoms with Crippen LogP contribution in [0.4, 0.5) is 4.39 Å². The summed E-state index contributed by atoms with van der Waals surface area (Å²) in [5.41, 5.74) is 3.79. The second kappa shape index (κ2) is 7.00. The number of hydrogen-bond donors (Lipinski definition) is 1. The summed E-state index contributed by atoms with van der Waals surface area (Å²) in [5, 5.41) is 3.25. The average Bonchev–Trinajstić information content (AvgIpc) is 2.43. The summed E-state index contributed by atoms with van der Waals surface area (Å²) in [6.07, 6.45) is 0.893. The van der Waals surface area contributed by atoms with Crippen molar-refractivity contribution >= 4 is 15.9 Å². The molecule has 0 saturated heterocycles. The van der Waals surface area contributed by atoms with E-state index >= 15 is 0 Å². The van der Waals surface area contributed by atoms with Crippen LogP contribution in [0, 0.1) is 12.7 Å². The number of likely N-dealkylation sites (N-methyl/N-ethyl adjacent to an activating group) is 1. The lowest BCUT2D eigenvalue weighted by Gasteiger charge is -2.19. The van der Waals surface area contributed by atoms with Crippen LogP contribution in [0.5, 0.6) is 0 Å². The second-order valence-corrected chi connectivity index (χ2v) is 5.92. The van der Waals surface area contributed by atoms with E-state index in [9.17, 15) is 4.39 Å². The molecule has 0 bridgehead atoms. The van der Waals surface area contributed by atoms with Crippen molar-refractivity contribution in [2.45, 2.75) is 19.3 Å². The summed E-state index contributed by atoms with van der Waals surface area (Å²) in [6, 6.07) is 13.7. The van der Waals surface area contributed by atoms with Crippen molar-refractivity contribution in [3.63, 3.8) is 0 Å². The lowest BCUT2D eigenvalue weighted by atomic mass is 9.89. The molecule has 1 nitrogen and oxygen atoms in total. The number of nitrogens with one attached hydrogen (secondary N) is 1. The minimum atomic E-state index is -0.213. The molecule has 1 unspecified atom stereocenters. The Kier molecular flexibility index (Phi) is 5.32. The number of hydrogen-bond acceptors (Lipinski definition) is 1. The van der Waals surface area contributed by atoms with Crippen molar-refractivity contribution in [1.82, 2.24) is 5.32 Å². The van der Waals surface area contributed by atoms with Gasteiger partial charge < -0.3 is 5.32 Å². The second-order valence-electron chi connectivity index (χ2n) is 5.06. The third-order valence-electron chi connectivity index (χ3n) is 3.54. The normalized spacial score (nSPS) is 12.4. The van der Waals surface area contributed by atoms with Crippen LogP contribution in [0.15, 0.2) is 46.9 Å². The summed E-state index contributed by atoms with van der Waals surface area (Å²) in [7, 11) is 1.96. The fourth-order valence-electron chi connectivity index (χ4n) is 2.53. The molecule has 2 rings (SSSR count). The van der Waals surface area contributed by atoms with E-state index in [0.717, 1.165) is 18.5 Å². The molecule has 2 aromatic rings. The Morgan fingerprint density at radius 2 is 1.95 bits per heavy atom. The molecule has 0 fully saturated rings. The molecular weight excluding hydrogens is 317 g/mol. The summed E-state index contributed by atoms with van der Waals surface area (Å²) in [4.78, 5) is 0. The summed E-state index contributed by atoms with van der Waals surface area (Å²) in [6.45, 7) is 3.04. The highest BCUT2D eigenvalue weighted by Crippen LogP contribution is 2.25. The largest absolute Gasteiger partial charge is 0.319 e. The Bertz CT molecular complexity index is 583. The average molecular weight is 336 g/mol. The first-order valence-electron chi connectivity index (χ1n) is 6.76. The number of aryl methyl sites for hydroxylation is 1. The Morgan fingerprint density at radius 3 is 2.60 bits per heavy atom. The maximum atomic E-state index is 13.3. The zero-order valence-electron chi connectivity index (χ0n) is 11.8. The molecular formula is C17H19BrFN. The highest BCUT2D eigenvalue weighted by atomic mass is 79.9. The first-order valence-corrected chi connectivity index (χ1v) is 7.55. The molecule has 2 aromatic carbocycles.